The molecule has 0 unspecified atom stereocenters. The highest BCUT2D eigenvalue weighted by Gasteiger charge is 2.25. The van der Waals surface area contributed by atoms with Crippen molar-refractivity contribution >= 4 is 40.1 Å². The molecular formula is C18H14ClN3OS. The minimum Gasteiger partial charge on any atom is -0.287 e. The first kappa shape index (κ1) is 16.6. The van der Waals surface area contributed by atoms with Crippen LogP contribution in [0.2, 0.25) is 5.02 Å². The van der Waals surface area contributed by atoms with E-state index in [-0.39, 0.29) is 5.91 Å². The van der Waals surface area contributed by atoms with Crippen LogP contribution in [0.3, 0.4) is 0 Å². The van der Waals surface area contributed by atoms with E-state index in [1.54, 1.807) is 35.2 Å². The number of nitriles is 1. The predicted molar refractivity (Wildman–Crippen MR) is 97.8 cm³/mol. The molecule has 1 fully saturated rings. The van der Waals surface area contributed by atoms with Crippen LogP contribution in [0.25, 0.3) is 0 Å². The summed E-state index contributed by atoms with van der Waals surface area (Å²) < 4.78 is 0. The van der Waals surface area contributed by atoms with Crippen molar-refractivity contribution in [3.63, 3.8) is 0 Å². The van der Waals surface area contributed by atoms with E-state index in [1.165, 1.54) is 11.8 Å². The molecule has 0 N–H and O–H groups in total. The van der Waals surface area contributed by atoms with E-state index in [9.17, 15) is 4.79 Å². The van der Waals surface area contributed by atoms with Gasteiger partial charge in [-0.15, -0.1) is 0 Å². The van der Waals surface area contributed by atoms with Gasteiger partial charge in [-0.3, -0.25) is 9.69 Å². The normalized spacial score (nSPS) is 16.0. The van der Waals surface area contributed by atoms with E-state index in [0.29, 0.717) is 33.5 Å². The second-order valence-corrected chi connectivity index (χ2v) is 6.67. The fourth-order valence-electron chi connectivity index (χ4n) is 2.36. The summed E-state index contributed by atoms with van der Waals surface area (Å²) in [6.45, 7) is 0.603. The number of thioether (sulfide) groups is 1. The Kier molecular flexibility index (Phi) is 5.19. The summed E-state index contributed by atoms with van der Waals surface area (Å²) in [5.41, 5.74) is 1.60. The molecular weight excluding hydrogens is 342 g/mol. The molecule has 0 spiro atoms. The number of carbonyl (C=O) groups is 1. The molecule has 1 saturated heterocycles. The summed E-state index contributed by atoms with van der Waals surface area (Å²) in [7, 11) is 0. The van der Waals surface area contributed by atoms with Gasteiger partial charge in [-0.05, 0) is 36.8 Å². The molecule has 2 aromatic rings. The minimum absolute atomic E-state index is 0.148. The number of carbonyl (C=O) groups excluding carboxylic acids is 1. The lowest BCUT2D eigenvalue weighted by molar-refractivity contribution is 0.0849. The number of amides is 1. The summed E-state index contributed by atoms with van der Waals surface area (Å²) in [4.78, 5) is 19.1. The lowest BCUT2D eigenvalue weighted by atomic mass is 10.1. The second-order valence-electron chi connectivity index (χ2n) is 5.20. The van der Waals surface area contributed by atoms with Gasteiger partial charge in [0.05, 0.1) is 22.3 Å². The van der Waals surface area contributed by atoms with Gasteiger partial charge in [0.2, 0.25) is 0 Å². The molecule has 3 rings (SSSR count). The zero-order chi connectivity index (χ0) is 16.9. The predicted octanol–water partition coefficient (Wildman–Crippen LogP) is 4.48. The van der Waals surface area contributed by atoms with Gasteiger partial charge in [-0.1, -0.05) is 41.6 Å². The first-order valence-corrected chi connectivity index (χ1v) is 8.83. The standard InChI is InChI=1S/C18H14ClN3OS/c19-15-7-1-2-8-16(15)21-18-22(9-4-10-24-18)17(23)14-6-3-5-13(11-14)12-20/h1-3,5-8,11H,4,9-10H2. The van der Waals surface area contributed by atoms with Crippen LogP contribution in [-0.4, -0.2) is 28.3 Å². The van der Waals surface area contributed by atoms with Gasteiger partial charge in [0.25, 0.3) is 5.91 Å². The number of aliphatic imine (C=N–C) groups is 1. The Morgan fingerprint density at radius 2 is 2.08 bits per heavy atom. The first-order chi connectivity index (χ1) is 11.7. The maximum absolute atomic E-state index is 12.8. The topological polar surface area (TPSA) is 56.5 Å². The van der Waals surface area contributed by atoms with Gasteiger partial charge in [0.15, 0.2) is 5.17 Å². The highest BCUT2D eigenvalue weighted by Crippen LogP contribution is 2.28. The number of hydrogen-bond donors (Lipinski definition) is 0. The van der Waals surface area contributed by atoms with Gasteiger partial charge >= 0.3 is 0 Å². The lowest BCUT2D eigenvalue weighted by Gasteiger charge is -2.28. The number of rotatable bonds is 2. The van der Waals surface area contributed by atoms with E-state index < -0.39 is 0 Å². The van der Waals surface area contributed by atoms with Crippen molar-refractivity contribution in [2.75, 3.05) is 12.3 Å². The van der Waals surface area contributed by atoms with Crippen molar-refractivity contribution in [1.82, 2.24) is 4.90 Å². The van der Waals surface area contributed by atoms with E-state index in [2.05, 4.69) is 11.1 Å². The zero-order valence-electron chi connectivity index (χ0n) is 12.8. The van der Waals surface area contributed by atoms with Gasteiger partial charge in [0, 0.05) is 17.9 Å². The molecule has 0 atom stereocenters. The van der Waals surface area contributed by atoms with E-state index >= 15 is 0 Å². The molecule has 1 aliphatic rings. The highest BCUT2D eigenvalue weighted by molar-refractivity contribution is 8.13. The summed E-state index contributed by atoms with van der Waals surface area (Å²) in [6, 6.07) is 16.1. The van der Waals surface area contributed by atoms with E-state index in [1.807, 2.05) is 18.2 Å². The quantitative estimate of drug-likeness (QED) is 0.798. The SMILES string of the molecule is N#Cc1cccc(C(=O)N2CCCSC2=Nc2ccccc2Cl)c1. The first-order valence-electron chi connectivity index (χ1n) is 7.47. The second kappa shape index (κ2) is 7.52. The van der Waals surface area contributed by atoms with Crippen LogP contribution >= 0.6 is 23.4 Å². The zero-order valence-corrected chi connectivity index (χ0v) is 14.3. The molecule has 0 bridgehead atoms. The number of nitrogens with zero attached hydrogens (tertiary/aromatic N) is 3. The van der Waals surface area contributed by atoms with Gasteiger partial charge < -0.3 is 0 Å². The third kappa shape index (κ3) is 3.61. The Labute approximate surface area is 149 Å². The Hall–Kier alpha value is -2.29. The fraction of sp³-hybridized carbons (Fsp3) is 0.167. The third-order valence-corrected chi connectivity index (χ3v) is 4.92. The average Bonchev–Trinajstić information content (AvgIpc) is 2.63. The lowest BCUT2D eigenvalue weighted by Crippen LogP contribution is -2.39. The summed E-state index contributed by atoms with van der Waals surface area (Å²) in [6.07, 6.45) is 0.899. The number of amidine groups is 1. The van der Waals surface area contributed by atoms with Gasteiger partial charge in [-0.25, -0.2) is 4.99 Å². The summed E-state index contributed by atoms with van der Waals surface area (Å²) in [5.74, 6) is 0.760. The monoisotopic (exact) mass is 355 g/mol. The maximum Gasteiger partial charge on any atom is 0.259 e. The molecule has 1 heterocycles. The fourth-order valence-corrected chi connectivity index (χ4v) is 3.49. The minimum atomic E-state index is -0.148. The van der Waals surface area contributed by atoms with E-state index in [0.717, 1.165) is 12.2 Å². The molecule has 6 heteroatoms. The van der Waals surface area contributed by atoms with Crippen LogP contribution < -0.4 is 0 Å². The van der Waals surface area contributed by atoms with Crippen LogP contribution in [0.5, 0.6) is 0 Å². The number of benzene rings is 2. The van der Waals surface area contributed by atoms with Crippen molar-refractivity contribution in [1.29, 1.82) is 5.26 Å². The average molecular weight is 356 g/mol. The van der Waals surface area contributed by atoms with Crippen LogP contribution in [0, 0.1) is 11.3 Å². The van der Waals surface area contributed by atoms with E-state index in [4.69, 9.17) is 16.9 Å². The number of para-hydroxylation sites is 1. The van der Waals surface area contributed by atoms with Crippen LogP contribution in [-0.2, 0) is 0 Å². The third-order valence-electron chi connectivity index (χ3n) is 3.54. The molecule has 0 aliphatic carbocycles. The molecule has 1 amide bonds. The van der Waals surface area contributed by atoms with Crippen LogP contribution in [0.15, 0.2) is 53.5 Å². The number of hydrogen-bond acceptors (Lipinski definition) is 4. The molecule has 2 aromatic carbocycles. The van der Waals surface area contributed by atoms with Crippen molar-refractivity contribution in [2.24, 2.45) is 4.99 Å². The Balaban J connectivity index is 1.93. The van der Waals surface area contributed by atoms with Crippen LogP contribution in [0.4, 0.5) is 5.69 Å². The molecule has 0 saturated carbocycles. The molecule has 1 aliphatic heterocycles. The molecule has 24 heavy (non-hydrogen) atoms. The van der Waals surface area contributed by atoms with Gasteiger partial charge in [-0.2, -0.15) is 5.26 Å². The smallest absolute Gasteiger partial charge is 0.259 e. The molecule has 0 aromatic heterocycles. The summed E-state index contributed by atoms with van der Waals surface area (Å²) >= 11 is 7.71. The highest BCUT2D eigenvalue weighted by atomic mass is 35.5. The number of halogens is 1. The Bertz CT molecular complexity index is 844. The molecule has 4 nitrogen and oxygen atoms in total. The molecule has 0 radical (unpaired) electrons. The maximum atomic E-state index is 12.8. The summed E-state index contributed by atoms with van der Waals surface area (Å²) in [5, 5.41) is 10.2. The molecule has 120 valence electrons. The van der Waals surface area contributed by atoms with Crippen molar-refractivity contribution in [3.05, 3.63) is 64.7 Å². The largest absolute Gasteiger partial charge is 0.287 e. The van der Waals surface area contributed by atoms with Gasteiger partial charge in [0.1, 0.15) is 0 Å². The van der Waals surface area contributed by atoms with Crippen molar-refractivity contribution in [2.45, 2.75) is 6.42 Å². The van der Waals surface area contributed by atoms with Crippen molar-refractivity contribution in [3.8, 4) is 6.07 Å². The Morgan fingerprint density at radius 1 is 1.25 bits per heavy atom. The Morgan fingerprint density at radius 3 is 2.88 bits per heavy atom. The van der Waals surface area contributed by atoms with Crippen LogP contribution in [0.1, 0.15) is 22.3 Å². The van der Waals surface area contributed by atoms with Crippen molar-refractivity contribution < 1.29 is 4.79 Å².